The average molecular weight is 520 g/mol. The summed E-state index contributed by atoms with van der Waals surface area (Å²) in [4.78, 5) is 7.91. The quantitative estimate of drug-likeness (QED) is 0.421. The van der Waals surface area contributed by atoms with Crippen molar-refractivity contribution in [3.63, 3.8) is 0 Å². The third-order valence-electron chi connectivity index (χ3n) is 3.50. The molecule has 1 aromatic carbocycles. The first kappa shape index (κ1) is 22.5. The third kappa shape index (κ3) is 6.36. The van der Waals surface area contributed by atoms with Crippen LogP contribution in [-0.4, -0.2) is 30.7 Å². The molecule has 0 atom stereocenters. The van der Waals surface area contributed by atoms with Gasteiger partial charge in [-0.15, -0.1) is 0 Å². The van der Waals surface area contributed by atoms with Gasteiger partial charge in [-0.3, -0.25) is 0 Å². The molecule has 8 nitrogen and oxygen atoms in total. The summed E-state index contributed by atoms with van der Waals surface area (Å²) >= 11 is 2.02. The van der Waals surface area contributed by atoms with Crippen LogP contribution in [0.3, 0.4) is 0 Å². The zero-order valence-corrected chi connectivity index (χ0v) is 19.3. The van der Waals surface area contributed by atoms with Gasteiger partial charge in [0.2, 0.25) is 5.95 Å². The van der Waals surface area contributed by atoms with Gasteiger partial charge in [0.05, 0.1) is 15.9 Å². The van der Waals surface area contributed by atoms with E-state index in [4.69, 9.17) is 20.4 Å². The van der Waals surface area contributed by atoms with Gasteiger partial charge in [0.1, 0.15) is 11.6 Å². The van der Waals surface area contributed by atoms with Gasteiger partial charge in [-0.05, 0) is 52.6 Å². The van der Waals surface area contributed by atoms with Gasteiger partial charge < -0.3 is 20.4 Å². The topological polar surface area (TPSA) is 130 Å². The van der Waals surface area contributed by atoms with Crippen LogP contribution in [0.5, 0.6) is 11.5 Å². The minimum absolute atomic E-state index is 0.0937. The minimum atomic E-state index is -3.78. The number of hydrogen-bond donors (Lipinski definition) is 2. The van der Waals surface area contributed by atoms with Gasteiger partial charge in [-0.1, -0.05) is 20.8 Å². The Morgan fingerprint density at radius 1 is 1.18 bits per heavy atom. The van der Waals surface area contributed by atoms with Crippen LogP contribution < -0.4 is 20.4 Å². The maximum Gasteiger partial charge on any atom is 0.309 e. The highest BCUT2D eigenvalue weighted by atomic mass is 127. The number of benzene rings is 1. The van der Waals surface area contributed by atoms with Crippen molar-refractivity contribution in [1.29, 1.82) is 0 Å². The molecule has 0 bridgehead atoms. The van der Waals surface area contributed by atoms with Crippen molar-refractivity contribution >= 4 is 44.5 Å². The SMILES string of the molecule is CCOc1cc(Cc2cnc(N)nc2N)cc(OS(=O)(=O)CC(C)(C)C)c1I. The zero-order valence-electron chi connectivity index (χ0n) is 16.3. The van der Waals surface area contributed by atoms with E-state index in [1.54, 1.807) is 12.3 Å². The number of nitrogens with zero attached hydrogens (tertiary/aromatic N) is 2. The predicted octanol–water partition coefficient (Wildman–Crippen LogP) is 2.99. The largest absolute Gasteiger partial charge is 0.493 e. The summed E-state index contributed by atoms with van der Waals surface area (Å²) in [6, 6.07) is 3.49. The second kappa shape index (κ2) is 8.68. The number of ether oxygens (including phenoxy) is 1. The summed E-state index contributed by atoms with van der Waals surface area (Å²) in [5.74, 6) is 1.02. The van der Waals surface area contributed by atoms with Crippen molar-refractivity contribution in [3.05, 3.63) is 33.0 Å². The van der Waals surface area contributed by atoms with Crippen molar-refractivity contribution in [2.45, 2.75) is 34.1 Å². The lowest BCUT2D eigenvalue weighted by Crippen LogP contribution is -2.25. The summed E-state index contributed by atoms with van der Waals surface area (Å²) in [6.07, 6.45) is 1.92. The van der Waals surface area contributed by atoms with Crippen LogP contribution >= 0.6 is 22.6 Å². The molecular weight excluding hydrogens is 495 g/mol. The highest BCUT2D eigenvalue weighted by Crippen LogP contribution is 2.35. The summed E-state index contributed by atoms with van der Waals surface area (Å²) in [5.41, 5.74) is 12.4. The van der Waals surface area contributed by atoms with E-state index in [-0.39, 0.29) is 23.3 Å². The van der Waals surface area contributed by atoms with Crippen LogP contribution in [0.2, 0.25) is 0 Å². The molecule has 2 rings (SSSR count). The van der Waals surface area contributed by atoms with E-state index in [0.29, 0.717) is 27.9 Å². The maximum absolute atomic E-state index is 12.5. The van der Waals surface area contributed by atoms with Crippen LogP contribution in [-0.2, 0) is 16.5 Å². The Morgan fingerprint density at radius 2 is 1.82 bits per heavy atom. The molecule has 2 aromatic rings. The van der Waals surface area contributed by atoms with E-state index in [2.05, 4.69) is 9.97 Å². The summed E-state index contributed by atoms with van der Waals surface area (Å²) in [7, 11) is -3.78. The maximum atomic E-state index is 12.5. The first-order valence-corrected chi connectivity index (χ1v) is 11.3. The van der Waals surface area contributed by atoms with Gasteiger partial charge in [0.15, 0.2) is 5.75 Å². The van der Waals surface area contributed by atoms with Crippen molar-refractivity contribution < 1.29 is 17.3 Å². The third-order valence-corrected chi connectivity index (χ3v) is 6.22. The Labute approximate surface area is 179 Å². The van der Waals surface area contributed by atoms with E-state index < -0.39 is 15.5 Å². The molecule has 0 fully saturated rings. The van der Waals surface area contributed by atoms with Gasteiger partial charge in [-0.2, -0.15) is 13.4 Å². The van der Waals surface area contributed by atoms with Crippen LogP contribution in [0.15, 0.2) is 18.3 Å². The predicted molar refractivity (Wildman–Crippen MR) is 118 cm³/mol. The molecule has 0 spiro atoms. The fraction of sp³-hybridized carbons (Fsp3) is 0.444. The molecule has 1 aromatic heterocycles. The number of halogens is 1. The van der Waals surface area contributed by atoms with Gasteiger partial charge in [-0.25, -0.2) is 4.98 Å². The smallest absolute Gasteiger partial charge is 0.309 e. The Morgan fingerprint density at radius 3 is 2.39 bits per heavy atom. The molecule has 0 unspecified atom stereocenters. The van der Waals surface area contributed by atoms with E-state index in [9.17, 15) is 8.42 Å². The molecule has 0 radical (unpaired) electrons. The number of hydrogen-bond acceptors (Lipinski definition) is 8. The molecule has 0 aliphatic carbocycles. The number of anilines is 2. The molecule has 154 valence electrons. The average Bonchev–Trinajstić information content (AvgIpc) is 2.52. The zero-order chi connectivity index (χ0) is 21.1. The Bertz CT molecular complexity index is 959. The number of aromatic nitrogens is 2. The second-order valence-corrected chi connectivity index (χ2v) is 10.1. The van der Waals surface area contributed by atoms with Crippen molar-refractivity contribution in [2.24, 2.45) is 5.41 Å². The molecule has 4 N–H and O–H groups in total. The number of nitrogens with two attached hydrogens (primary N) is 2. The lowest BCUT2D eigenvalue weighted by Gasteiger charge is -2.19. The van der Waals surface area contributed by atoms with Crippen LogP contribution in [0, 0.1) is 8.99 Å². The molecule has 1 heterocycles. The second-order valence-electron chi connectivity index (χ2n) is 7.50. The highest BCUT2D eigenvalue weighted by molar-refractivity contribution is 14.1. The molecular formula is C18H25IN4O4S. The standard InChI is InChI=1S/C18H25IN4O4S/c1-5-26-13-7-11(6-12-9-22-17(21)23-16(12)20)8-14(15(13)19)27-28(24,25)10-18(2,3)4/h7-9H,5-6,10H2,1-4H3,(H4,20,21,22,23). The molecule has 10 heteroatoms. The lowest BCUT2D eigenvalue weighted by atomic mass is 10.0. The first-order chi connectivity index (χ1) is 12.9. The Balaban J connectivity index is 2.42. The van der Waals surface area contributed by atoms with Gasteiger partial charge >= 0.3 is 10.1 Å². The summed E-state index contributed by atoms with van der Waals surface area (Å²) in [5, 5.41) is 0. The van der Waals surface area contributed by atoms with E-state index in [1.807, 2.05) is 56.4 Å². The molecule has 0 amide bonds. The first-order valence-electron chi connectivity index (χ1n) is 8.64. The fourth-order valence-corrected chi connectivity index (χ4v) is 4.79. The molecule has 0 aliphatic heterocycles. The number of rotatable bonds is 7. The van der Waals surface area contributed by atoms with Crippen LogP contribution in [0.1, 0.15) is 38.8 Å². The molecule has 0 aliphatic rings. The van der Waals surface area contributed by atoms with Gasteiger partial charge in [0.25, 0.3) is 0 Å². The lowest BCUT2D eigenvalue weighted by molar-refractivity contribution is 0.335. The normalized spacial score (nSPS) is 12.0. The van der Waals surface area contributed by atoms with Crippen LogP contribution in [0.25, 0.3) is 0 Å². The van der Waals surface area contributed by atoms with Crippen LogP contribution in [0.4, 0.5) is 11.8 Å². The number of nitrogen functional groups attached to an aromatic ring is 2. The summed E-state index contributed by atoms with van der Waals surface area (Å²) < 4.78 is 36.6. The van der Waals surface area contributed by atoms with E-state index >= 15 is 0 Å². The molecule has 0 saturated carbocycles. The minimum Gasteiger partial charge on any atom is -0.493 e. The fourth-order valence-electron chi connectivity index (χ4n) is 2.54. The molecule has 0 saturated heterocycles. The van der Waals surface area contributed by atoms with Crippen molar-refractivity contribution in [1.82, 2.24) is 9.97 Å². The molecule has 28 heavy (non-hydrogen) atoms. The van der Waals surface area contributed by atoms with Crippen molar-refractivity contribution in [3.8, 4) is 11.5 Å². The Hall–Kier alpha value is -1.82. The van der Waals surface area contributed by atoms with E-state index in [1.165, 1.54) is 0 Å². The Kier molecular flexibility index (Phi) is 6.97. The van der Waals surface area contributed by atoms with Crippen molar-refractivity contribution in [2.75, 3.05) is 23.8 Å². The summed E-state index contributed by atoms with van der Waals surface area (Å²) in [6.45, 7) is 7.80. The van der Waals surface area contributed by atoms with Gasteiger partial charge in [0, 0.05) is 18.2 Å². The van der Waals surface area contributed by atoms with E-state index in [0.717, 1.165) is 5.56 Å². The highest BCUT2D eigenvalue weighted by Gasteiger charge is 2.25. The monoisotopic (exact) mass is 520 g/mol.